The molecule has 0 aliphatic rings. The summed E-state index contributed by atoms with van der Waals surface area (Å²) in [7, 11) is 1.36. The van der Waals surface area contributed by atoms with Crippen LogP contribution in [-0.2, 0) is 16.1 Å². The second kappa shape index (κ2) is 7.19. The number of carbonyl (C=O) groups excluding carboxylic acids is 1. The SMILES string of the molecule is CCN(CC(=O)OC)Cc1noc(-c2ccccc2Cl)n1. The predicted molar refractivity (Wildman–Crippen MR) is 77.7 cm³/mol. The van der Waals surface area contributed by atoms with Gasteiger partial charge >= 0.3 is 5.97 Å². The largest absolute Gasteiger partial charge is 0.468 e. The van der Waals surface area contributed by atoms with E-state index in [0.717, 1.165) is 0 Å². The number of carbonyl (C=O) groups is 1. The predicted octanol–water partition coefficient (Wildman–Crippen LogP) is 2.38. The Hall–Kier alpha value is -1.92. The third kappa shape index (κ3) is 4.03. The van der Waals surface area contributed by atoms with Crippen LogP contribution in [0, 0.1) is 0 Å². The maximum atomic E-state index is 11.3. The number of benzene rings is 1. The van der Waals surface area contributed by atoms with Gasteiger partial charge in [0.25, 0.3) is 5.89 Å². The molecule has 1 aromatic carbocycles. The summed E-state index contributed by atoms with van der Waals surface area (Å²) in [5, 5.41) is 4.47. The molecule has 0 radical (unpaired) electrons. The van der Waals surface area contributed by atoms with E-state index in [4.69, 9.17) is 16.1 Å². The molecule has 0 bridgehead atoms. The lowest BCUT2D eigenvalue weighted by Crippen LogP contribution is -2.30. The number of aromatic nitrogens is 2. The molecular formula is C14H16ClN3O3. The van der Waals surface area contributed by atoms with Gasteiger partial charge in [0, 0.05) is 0 Å². The number of methoxy groups -OCH3 is 1. The Bertz CT molecular complexity index is 615. The summed E-state index contributed by atoms with van der Waals surface area (Å²) in [5.41, 5.74) is 0.689. The van der Waals surface area contributed by atoms with Crippen LogP contribution in [-0.4, -0.2) is 41.2 Å². The summed E-state index contributed by atoms with van der Waals surface area (Å²) in [6.07, 6.45) is 0. The van der Waals surface area contributed by atoms with Gasteiger partial charge < -0.3 is 9.26 Å². The Kier molecular flexibility index (Phi) is 5.30. The molecule has 0 unspecified atom stereocenters. The first kappa shape index (κ1) is 15.5. The standard InChI is InChI=1S/C14H16ClN3O3/c1-3-18(9-13(19)20-2)8-12-16-14(21-17-12)10-6-4-5-7-11(10)15/h4-7H,3,8-9H2,1-2H3. The minimum Gasteiger partial charge on any atom is -0.468 e. The average Bonchev–Trinajstić information content (AvgIpc) is 2.95. The summed E-state index contributed by atoms with van der Waals surface area (Å²) in [6.45, 7) is 3.20. The van der Waals surface area contributed by atoms with Crippen LogP contribution in [0.25, 0.3) is 11.5 Å². The summed E-state index contributed by atoms with van der Waals surface area (Å²) in [4.78, 5) is 17.5. The Morgan fingerprint density at radius 2 is 2.19 bits per heavy atom. The number of esters is 1. The molecule has 7 heteroatoms. The summed E-state index contributed by atoms with van der Waals surface area (Å²) < 4.78 is 9.87. The molecule has 1 heterocycles. The van der Waals surface area contributed by atoms with Crippen molar-refractivity contribution in [3.8, 4) is 11.5 Å². The molecule has 6 nitrogen and oxygen atoms in total. The monoisotopic (exact) mass is 309 g/mol. The van der Waals surface area contributed by atoms with Gasteiger partial charge in [0.2, 0.25) is 0 Å². The van der Waals surface area contributed by atoms with Crippen LogP contribution >= 0.6 is 11.6 Å². The Morgan fingerprint density at radius 1 is 1.43 bits per heavy atom. The van der Waals surface area contributed by atoms with E-state index in [1.165, 1.54) is 7.11 Å². The molecule has 0 saturated carbocycles. The van der Waals surface area contributed by atoms with E-state index >= 15 is 0 Å². The second-order valence-electron chi connectivity index (χ2n) is 4.38. The van der Waals surface area contributed by atoms with E-state index in [0.29, 0.717) is 35.4 Å². The normalized spacial score (nSPS) is 10.9. The van der Waals surface area contributed by atoms with Crippen LogP contribution in [0.15, 0.2) is 28.8 Å². The van der Waals surface area contributed by atoms with E-state index in [-0.39, 0.29) is 12.5 Å². The van der Waals surface area contributed by atoms with Crippen molar-refractivity contribution in [1.82, 2.24) is 15.0 Å². The minimum atomic E-state index is -0.299. The number of likely N-dealkylation sites (N-methyl/N-ethyl adjacent to an activating group) is 1. The first-order valence-electron chi connectivity index (χ1n) is 6.50. The number of hydrogen-bond donors (Lipinski definition) is 0. The fourth-order valence-corrected chi connectivity index (χ4v) is 2.01. The van der Waals surface area contributed by atoms with Gasteiger partial charge in [-0.2, -0.15) is 4.98 Å². The maximum absolute atomic E-state index is 11.3. The van der Waals surface area contributed by atoms with Gasteiger partial charge in [-0.15, -0.1) is 0 Å². The molecule has 112 valence electrons. The molecule has 2 aromatic rings. The molecule has 0 fully saturated rings. The lowest BCUT2D eigenvalue weighted by atomic mass is 10.2. The van der Waals surface area contributed by atoms with E-state index in [9.17, 15) is 4.79 Å². The van der Waals surface area contributed by atoms with Crippen molar-refractivity contribution in [3.05, 3.63) is 35.1 Å². The number of hydrogen-bond acceptors (Lipinski definition) is 6. The molecule has 2 rings (SSSR count). The van der Waals surface area contributed by atoms with Crippen LogP contribution < -0.4 is 0 Å². The zero-order valence-electron chi connectivity index (χ0n) is 11.9. The zero-order valence-corrected chi connectivity index (χ0v) is 12.6. The van der Waals surface area contributed by atoms with Crippen molar-refractivity contribution in [2.24, 2.45) is 0 Å². The molecule has 0 N–H and O–H groups in total. The molecule has 0 spiro atoms. The van der Waals surface area contributed by atoms with Crippen molar-refractivity contribution in [2.75, 3.05) is 20.2 Å². The van der Waals surface area contributed by atoms with E-state index in [2.05, 4.69) is 14.9 Å². The topological polar surface area (TPSA) is 68.5 Å². The quantitative estimate of drug-likeness (QED) is 0.763. The lowest BCUT2D eigenvalue weighted by Gasteiger charge is -2.16. The first-order valence-corrected chi connectivity index (χ1v) is 6.88. The highest BCUT2D eigenvalue weighted by atomic mass is 35.5. The van der Waals surface area contributed by atoms with Gasteiger partial charge in [0.05, 0.1) is 30.8 Å². The van der Waals surface area contributed by atoms with Crippen molar-refractivity contribution in [2.45, 2.75) is 13.5 Å². The first-order chi connectivity index (χ1) is 10.1. The van der Waals surface area contributed by atoms with Crippen molar-refractivity contribution >= 4 is 17.6 Å². The average molecular weight is 310 g/mol. The Labute approximate surface area is 127 Å². The van der Waals surface area contributed by atoms with Crippen LogP contribution in [0.5, 0.6) is 0 Å². The van der Waals surface area contributed by atoms with Crippen LogP contribution in [0.3, 0.4) is 0 Å². The molecule has 0 saturated heterocycles. The van der Waals surface area contributed by atoms with E-state index < -0.39 is 0 Å². The smallest absolute Gasteiger partial charge is 0.319 e. The van der Waals surface area contributed by atoms with Crippen molar-refractivity contribution < 1.29 is 14.1 Å². The Morgan fingerprint density at radius 3 is 2.86 bits per heavy atom. The van der Waals surface area contributed by atoms with Gasteiger partial charge in [-0.05, 0) is 18.7 Å². The third-order valence-corrected chi connectivity index (χ3v) is 3.29. The summed E-state index contributed by atoms with van der Waals surface area (Å²) in [6, 6.07) is 7.25. The van der Waals surface area contributed by atoms with Gasteiger partial charge in [-0.1, -0.05) is 35.8 Å². The highest BCUT2D eigenvalue weighted by Crippen LogP contribution is 2.25. The van der Waals surface area contributed by atoms with Crippen LogP contribution in [0.2, 0.25) is 5.02 Å². The number of rotatable bonds is 6. The van der Waals surface area contributed by atoms with Crippen LogP contribution in [0.1, 0.15) is 12.7 Å². The number of nitrogens with zero attached hydrogens (tertiary/aromatic N) is 3. The van der Waals surface area contributed by atoms with Gasteiger partial charge in [-0.25, -0.2) is 0 Å². The fraction of sp³-hybridized carbons (Fsp3) is 0.357. The van der Waals surface area contributed by atoms with Crippen molar-refractivity contribution in [1.29, 1.82) is 0 Å². The third-order valence-electron chi connectivity index (χ3n) is 2.96. The number of halogens is 1. The van der Waals surface area contributed by atoms with E-state index in [1.54, 1.807) is 6.07 Å². The molecule has 21 heavy (non-hydrogen) atoms. The van der Waals surface area contributed by atoms with Gasteiger partial charge in [-0.3, -0.25) is 9.69 Å². The number of ether oxygens (including phenoxy) is 1. The molecule has 0 aliphatic heterocycles. The summed E-state index contributed by atoms with van der Waals surface area (Å²) in [5.74, 6) is 0.562. The molecule has 0 atom stereocenters. The van der Waals surface area contributed by atoms with Crippen LogP contribution in [0.4, 0.5) is 0 Å². The van der Waals surface area contributed by atoms with Gasteiger partial charge in [0.15, 0.2) is 5.82 Å². The maximum Gasteiger partial charge on any atom is 0.319 e. The highest BCUT2D eigenvalue weighted by molar-refractivity contribution is 6.33. The molecule has 0 amide bonds. The molecular weight excluding hydrogens is 294 g/mol. The summed E-state index contributed by atoms with van der Waals surface area (Å²) >= 11 is 6.09. The Balaban J connectivity index is 2.09. The van der Waals surface area contributed by atoms with Gasteiger partial charge in [0.1, 0.15) is 0 Å². The molecule has 1 aromatic heterocycles. The van der Waals surface area contributed by atoms with E-state index in [1.807, 2.05) is 30.0 Å². The fourth-order valence-electron chi connectivity index (χ4n) is 1.79. The molecule has 0 aliphatic carbocycles. The van der Waals surface area contributed by atoms with Crippen molar-refractivity contribution in [3.63, 3.8) is 0 Å². The lowest BCUT2D eigenvalue weighted by molar-refractivity contribution is -0.142. The minimum absolute atomic E-state index is 0.183. The second-order valence-corrected chi connectivity index (χ2v) is 4.78. The zero-order chi connectivity index (χ0) is 15.2. The highest BCUT2D eigenvalue weighted by Gasteiger charge is 2.15.